The van der Waals surface area contributed by atoms with Crippen LogP contribution in [0.3, 0.4) is 0 Å². The van der Waals surface area contributed by atoms with Gasteiger partial charge in [0, 0.05) is 0 Å². The van der Waals surface area contributed by atoms with Crippen molar-refractivity contribution in [2.45, 2.75) is 39.2 Å². The number of aromatic nitrogens is 1. The van der Waals surface area contributed by atoms with E-state index in [-0.39, 0.29) is 5.91 Å². The fourth-order valence-electron chi connectivity index (χ4n) is 1.87. The summed E-state index contributed by atoms with van der Waals surface area (Å²) in [6.07, 6.45) is 2.66. The van der Waals surface area contributed by atoms with Gasteiger partial charge in [0.05, 0.1) is 10.7 Å². The Morgan fingerprint density at radius 2 is 2.17 bits per heavy atom. The van der Waals surface area contributed by atoms with Crippen LogP contribution in [0.4, 0.5) is 0 Å². The molecular formula is C12H16N2O3S. The van der Waals surface area contributed by atoms with Gasteiger partial charge < -0.3 is 10.4 Å². The first kappa shape index (κ1) is 13.0. The summed E-state index contributed by atoms with van der Waals surface area (Å²) in [4.78, 5) is 27.8. The van der Waals surface area contributed by atoms with E-state index < -0.39 is 12.0 Å². The highest BCUT2D eigenvalue weighted by Gasteiger charge is 2.31. The predicted molar refractivity (Wildman–Crippen MR) is 67.8 cm³/mol. The van der Waals surface area contributed by atoms with Gasteiger partial charge in [0.1, 0.15) is 10.9 Å². The fourth-order valence-corrected chi connectivity index (χ4v) is 2.70. The summed E-state index contributed by atoms with van der Waals surface area (Å²) in [7, 11) is 0. The number of amides is 1. The Kier molecular flexibility index (Phi) is 3.65. The van der Waals surface area contributed by atoms with Gasteiger partial charge in [-0.2, -0.15) is 0 Å². The SMILES string of the molecule is Cc1nc(C)c(C(=O)NC(CC2CC2)C(=O)O)s1. The number of aryl methyl sites for hydroxylation is 2. The van der Waals surface area contributed by atoms with Gasteiger partial charge in [0.2, 0.25) is 0 Å². The molecule has 0 aliphatic heterocycles. The molecule has 0 bridgehead atoms. The van der Waals surface area contributed by atoms with Crippen LogP contribution in [0.1, 0.15) is 39.6 Å². The standard InChI is InChI=1S/C12H16N2O3S/c1-6-10(18-7(2)13-6)11(15)14-9(12(16)17)5-8-3-4-8/h8-9H,3-5H2,1-2H3,(H,14,15)(H,16,17). The van der Waals surface area contributed by atoms with Crippen molar-refractivity contribution >= 4 is 23.2 Å². The van der Waals surface area contributed by atoms with E-state index in [2.05, 4.69) is 10.3 Å². The molecule has 0 radical (unpaired) electrons. The van der Waals surface area contributed by atoms with Crippen molar-refractivity contribution in [3.05, 3.63) is 15.6 Å². The zero-order valence-electron chi connectivity index (χ0n) is 10.4. The predicted octanol–water partition coefficient (Wildman–Crippen LogP) is 1.74. The maximum Gasteiger partial charge on any atom is 0.326 e. The molecule has 1 saturated carbocycles. The molecular weight excluding hydrogens is 252 g/mol. The van der Waals surface area contributed by atoms with Crippen LogP contribution in [0.15, 0.2) is 0 Å². The van der Waals surface area contributed by atoms with E-state index in [1.165, 1.54) is 11.3 Å². The molecule has 2 N–H and O–H groups in total. The average Bonchev–Trinajstić information content (AvgIpc) is 3.02. The maximum absolute atomic E-state index is 12.0. The fraction of sp³-hybridized carbons (Fsp3) is 0.583. The van der Waals surface area contributed by atoms with Crippen LogP contribution in [-0.2, 0) is 4.79 Å². The van der Waals surface area contributed by atoms with E-state index in [4.69, 9.17) is 5.11 Å². The molecule has 1 aromatic rings. The van der Waals surface area contributed by atoms with Crippen LogP contribution in [0.5, 0.6) is 0 Å². The Morgan fingerprint density at radius 3 is 2.61 bits per heavy atom. The lowest BCUT2D eigenvalue weighted by Crippen LogP contribution is -2.41. The number of aliphatic carboxylic acids is 1. The number of thiazole rings is 1. The highest BCUT2D eigenvalue weighted by atomic mass is 32.1. The topological polar surface area (TPSA) is 79.3 Å². The molecule has 1 atom stereocenters. The summed E-state index contributed by atoms with van der Waals surface area (Å²) in [6.45, 7) is 3.59. The number of carbonyl (C=O) groups excluding carboxylic acids is 1. The molecule has 1 aromatic heterocycles. The first-order valence-corrected chi connectivity index (χ1v) is 6.76. The Bertz CT molecular complexity index is 480. The van der Waals surface area contributed by atoms with Crippen LogP contribution >= 0.6 is 11.3 Å². The third kappa shape index (κ3) is 3.07. The first-order valence-electron chi connectivity index (χ1n) is 5.95. The number of nitrogens with one attached hydrogen (secondary N) is 1. The van der Waals surface area contributed by atoms with Gasteiger partial charge in [-0.1, -0.05) is 12.8 Å². The average molecular weight is 268 g/mol. The van der Waals surface area contributed by atoms with Crippen molar-refractivity contribution in [3.63, 3.8) is 0 Å². The van der Waals surface area contributed by atoms with E-state index in [1.807, 2.05) is 6.92 Å². The summed E-state index contributed by atoms with van der Waals surface area (Å²) >= 11 is 1.29. The number of carbonyl (C=O) groups is 2. The number of hydrogen-bond donors (Lipinski definition) is 2. The molecule has 1 heterocycles. The van der Waals surface area contributed by atoms with Crippen molar-refractivity contribution < 1.29 is 14.7 Å². The number of carboxylic acids is 1. The van der Waals surface area contributed by atoms with Crippen LogP contribution < -0.4 is 5.32 Å². The van der Waals surface area contributed by atoms with E-state index in [1.54, 1.807) is 6.92 Å². The summed E-state index contributed by atoms with van der Waals surface area (Å²) in [5, 5.41) is 12.5. The summed E-state index contributed by atoms with van der Waals surface area (Å²) < 4.78 is 0. The van der Waals surface area contributed by atoms with Gasteiger partial charge in [-0.25, -0.2) is 9.78 Å². The zero-order valence-corrected chi connectivity index (χ0v) is 11.2. The third-order valence-corrected chi connectivity index (χ3v) is 4.05. The highest BCUT2D eigenvalue weighted by Crippen LogP contribution is 2.33. The highest BCUT2D eigenvalue weighted by molar-refractivity contribution is 7.13. The number of rotatable bonds is 5. The van der Waals surface area contributed by atoms with E-state index in [0.717, 1.165) is 17.8 Å². The molecule has 1 aliphatic carbocycles. The lowest BCUT2D eigenvalue weighted by molar-refractivity contribution is -0.139. The molecule has 5 nitrogen and oxygen atoms in total. The van der Waals surface area contributed by atoms with Crippen molar-refractivity contribution in [1.82, 2.24) is 10.3 Å². The summed E-state index contributed by atoms with van der Waals surface area (Å²) in [6, 6.07) is -0.785. The summed E-state index contributed by atoms with van der Waals surface area (Å²) in [5.41, 5.74) is 0.658. The van der Waals surface area contributed by atoms with Crippen LogP contribution in [0.25, 0.3) is 0 Å². The van der Waals surface area contributed by atoms with Crippen molar-refractivity contribution in [2.75, 3.05) is 0 Å². The van der Waals surface area contributed by atoms with Crippen LogP contribution in [0, 0.1) is 19.8 Å². The van der Waals surface area contributed by atoms with Gasteiger partial charge in [-0.05, 0) is 26.2 Å². The maximum atomic E-state index is 12.0. The molecule has 2 rings (SSSR count). The van der Waals surface area contributed by atoms with Gasteiger partial charge in [-0.15, -0.1) is 11.3 Å². The van der Waals surface area contributed by atoms with Crippen molar-refractivity contribution in [1.29, 1.82) is 0 Å². The Labute approximate surface area is 109 Å². The van der Waals surface area contributed by atoms with Gasteiger partial charge >= 0.3 is 5.97 Å². The van der Waals surface area contributed by atoms with E-state index in [9.17, 15) is 9.59 Å². The smallest absolute Gasteiger partial charge is 0.326 e. The Hall–Kier alpha value is -1.43. The first-order chi connectivity index (χ1) is 8.47. The quantitative estimate of drug-likeness (QED) is 0.852. The number of nitrogens with zero attached hydrogens (tertiary/aromatic N) is 1. The second-order valence-corrected chi connectivity index (χ2v) is 5.89. The molecule has 6 heteroatoms. The Balaban J connectivity index is 2.03. The van der Waals surface area contributed by atoms with E-state index in [0.29, 0.717) is 22.9 Å². The van der Waals surface area contributed by atoms with Gasteiger partial charge in [0.25, 0.3) is 5.91 Å². The number of carboxylic acid groups (broad SMARTS) is 1. The molecule has 1 amide bonds. The molecule has 0 saturated heterocycles. The largest absolute Gasteiger partial charge is 0.480 e. The van der Waals surface area contributed by atoms with Crippen LogP contribution in [0.2, 0.25) is 0 Å². The van der Waals surface area contributed by atoms with Crippen molar-refractivity contribution in [3.8, 4) is 0 Å². The van der Waals surface area contributed by atoms with Crippen molar-refractivity contribution in [2.24, 2.45) is 5.92 Å². The minimum Gasteiger partial charge on any atom is -0.480 e. The summed E-state index contributed by atoms with van der Waals surface area (Å²) in [5.74, 6) is -0.837. The third-order valence-electron chi connectivity index (χ3n) is 2.98. The van der Waals surface area contributed by atoms with Gasteiger partial charge in [0.15, 0.2) is 0 Å². The normalized spacial score (nSPS) is 16.3. The molecule has 1 aliphatic rings. The molecule has 1 unspecified atom stereocenters. The monoisotopic (exact) mass is 268 g/mol. The zero-order chi connectivity index (χ0) is 13.3. The lowest BCUT2D eigenvalue weighted by Gasteiger charge is -2.13. The molecule has 1 fully saturated rings. The minimum absolute atomic E-state index is 0.328. The minimum atomic E-state index is -0.964. The molecule has 98 valence electrons. The molecule has 18 heavy (non-hydrogen) atoms. The van der Waals surface area contributed by atoms with Crippen LogP contribution in [-0.4, -0.2) is 28.0 Å². The number of hydrogen-bond acceptors (Lipinski definition) is 4. The Morgan fingerprint density at radius 1 is 1.50 bits per heavy atom. The lowest BCUT2D eigenvalue weighted by atomic mass is 10.1. The van der Waals surface area contributed by atoms with E-state index >= 15 is 0 Å². The molecule has 0 spiro atoms. The second kappa shape index (κ2) is 5.06. The molecule has 0 aromatic carbocycles. The van der Waals surface area contributed by atoms with Gasteiger partial charge in [-0.3, -0.25) is 4.79 Å². The second-order valence-electron chi connectivity index (χ2n) is 4.69.